The first kappa shape index (κ1) is 28.0. The van der Waals surface area contributed by atoms with Gasteiger partial charge in [-0.15, -0.1) is 0 Å². The van der Waals surface area contributed by atoms with Crippen LogP contribution in [0.5, 0.6) is 0 Å². The zero-order chi connectivity index (χ0) is 25.8. The van der Waals surface area contributed by atoms with Gasteiger partial charge in [0, 0.05) is 44.8 Å². The number of rotatable bonds is 16. The number of hydrogen-bond donors (Lipinski definition) is 1. The lowest BCUT2D eigenvalue weighted by Crippen LogP contribution is -2.35. The maximum atomic E-state index is 12.1. The summed E-state index contributed by atoms with van der Waals surface area (Å²) < 4.78 is 5.36. The quantitative estimate of drug-likeness (QED) is 0.278. The van der Waals surface area contributed by atoms with E-state index in [2.05, 4.69) is 5.32 Å². The first-order valence-corrected chi connectivity index (χ1v) is 11.9. The van der Waals surface area contributed by atoms with Crippen LogP contribution in [0.2, 0.25) is 0 Å². The summed E-state index contributed by atoms with van der Waals surface area (Å²) in [6, 6.07) is 7.46. The fourth-order valence-electron chi connectivity index (χ4n) is 3.63. The average Bonchev–Trinajstić information content (AvgIpc) is 3.04. The number of carbonyl (C=O) groups is 6. The van der Waals surface area contributed by atoms with Gasteiger partial charge in [0.1, 0.15) is 12.4 Å². The monoisotopic (exact) mass is 486 g/mol. The van der Waals surface area contributed by atoms with E-state index in [-0.39, 0.29) is 80.0 Å². The Morgan fingerprint density at radius 2 is 1.69 bits per heavy atom. The Bertz CT molecular complexity index is 940. The Kier molecular flexibility index (Phi) is 11.4. The van der Waals surface area contributed by atoms with Crippen molar-refractivity contribution in [3.05, 3.63) is 35.4 Å². The van der Waals surface area contributed by atoms with Gasteiger partial charge in [0.2, 0.25) is 17.7 Å². The van der Waals surface area contributed by atoms with Crippen molar-refractivity contribution in [1.82, 2.24) is 10.2 Å². The summed E-state index contributed by atoms with van der Waals surface area (Å²) in [5, 5.41) is 2.71. The molecule has 1 unspecified atom stereocenters. The number of hydrogen-bond acceptors (Lipinski definition) is 7. The Morgan fingerprint density at radius 1 is 1.00 bits per heavy atom. The van der Waals surface area contributed by atoms with Crippen molar-refractivity contribution in [2.24, 2.45) is 5.92 Å². The summed E-state index contributed by atoms with van der Waals surface area (Å²) in [5.74, 6) is -1.32. The highest BCUT2D eigenvalue weighted by atomic mass is 16.5. The Morgan fingerprint density at radius 3 is 2.31 bits per heavy atom. The highest BCUT2D eigenvalue weighted by Gasteiger charge is 2.36. The normalized spacial score (nSPS) is 15.4. The molecule has 3 amide bonds. The standard InChI is InChI=1S/C26H34N2O7/c1-18-14-25(33)28(26(18)34)16-22(30)4-3-13-35-17-23(31)10-9-20-5-7-21(8-6-20)15-24(32)27-12-11-19(2)29/h5-8,18H,3-4,9-17H2,1-2H3,(H,27,32). The maximum Gasteiger partial charge on any atom is 0.232 e. The molecule has 0 aliphatic carbocycles. The van der Waals surface area contributed by atoms with E-state index in [1.165, 1.54) is 6.92 Å². The molecule has 1 aromatic carbocycles. The van der Waals surface area contributed by atoms with Crippen LogP contribution in [0.15, 0.2) is 24.3 Å². The Balaban J connectivity index is 1.56. The number of imide groups is 1. The van der Waals surface area contributed by atoms with E-state index >= 15 is 0 Å². The minimum absolute atomic E-state index is 0.0322. The zero-order valence-corrected chi connectivity index (χ0v) is 20.5. The lowest BCUT2D eigenvalue weighted by atomic mass is 10.0. The van der Waals surface area contributed by atoms with Crippen molar-refractivity contribution in [3.63, 3.8) is 0 Å². The number of ether oxygens (including phenoxy) is 1. The summed E-state index contributed by atoms with van der Waals surface area (Å²) in [6.07, 6.45) is 2.19. The number of nitrogens with zero attached hydrogens (tertiary/aromatic N) is 1. The molecule has 0 spiro atoms. The minimum Gasteiger partial charge on any atom is -0.374 e. The van der Waals surface area contributed by atoms with Gasteiger partial charge in [0.25, 0.3) is 0 Å². The van der Waals surface area contributed by atoms with E-state index in [1.807, 2.05) is 24.3 Å². The van der Waals surface area contributed by atoms with Crippen molar-refractivity contribution >= 4 is 35.1 Å². The molecule has 0 bridgehead atoms. The third-order valence-electron chi connectivity index (χ3n) is 5.69. The molecule has 0 aromatic heterocycles. The van der Waals surface area contributed by atoms with Crippen molar-refractivity contribution in [2.75, 3.05) is 26.3 Å². The molecule has 1 aliphatic rings. The SMILES string of the molecule is CC(=O)CCNC(=O)Cc1ccc(CCC(=O)COCCCC(=O)CN2C(=O)CC(C)C2=O)cc1. The Hall–Kier alpha value is -3.20. The molecular weight excluding hydrogens is 452 g/mol. The second-order valence-corrected chi connectivity index (χ2v) is 8.95. The lowest BCUT2D eigenvalue weighted by Gasteiger charge is -2.13. The van der Waals surface area contributed by atoms with E-state index in [0.717, 1.165) is 16.0 Å². The highest BCUT2D eigenvalue weighted by molar-refractivity contribution is 6.05. The fraction of sp³-hybridized carbons (Fsp3) is 0.538. The second kappa shape index (κ2) is 14.3. The van der Waals surface area contributed by atoms with Crippen LogP contribution in [0.1, 0.15) is 57.1 Å². The van der Waals surface area contributed by atoms with E-state index in [1.54, 1.807) is 6.92 Å². The number of ketones is 3. The molecule has 1 heterocycles. The number of amides is 3. The topological polar surface area (TPSA) is 127 Å². The molecule has 0 saturated carbocycles. The summed E-state index contributed by atoms with van der Waals surface area (Å²) in [4.78, 5) is 71.4. The minimum atomic E-state index is -0.363. The fourth-order valence-corrected chi connectivity index (χ4v) is 3.63. The molecule has 0 radical (unpaired) electrons. The molecule has 9 heteroatoms. The largest absolute Gasteiger partial charge is 0.374 e. The molecule has 1 atom stereocenters. The maximum absolute atomic E-state index is 12.1. The molecule has 2 rings (SSSR count). The predicted octanol–water partition coefficient (Wildman–Crippen LogP) is 1.59. The van der Waals surface area contributed by atoms with Gasteiger partial charge >= 0.3 is 0 Å². The van der Waals surface area contributed by atoms with E-state index in [4.69, 9.17) is 4.74 Å². The molecule has 190 valence electrons. The van der Waals surface area contributed by atoms with Crippen LogP contribution in [0, 0.1) is 5.92 Å². The Labute approximate surface area is 205 Å². The average molecular weight is 487 g/mol. The number of aryl methyl sites for hydroxylation is 1. The number of nitrogens with one attached hydrogen (secondary N) is 1. The number of carbonyl (C=O) groups excluding carboxylic acids is 6. The molecule has 1 saturated heterocycles. The molecule has 1 N–H and O–H groups in total. The van der Waals surface area contributed by atoms with Gasteiger partial charge in [0.15, 0.2) is 11.6 Å². The molecule has 35 heavy (non-hydrogen) atoms. The zero-order valence-electron chi connectivity index (χ0n) is 20.5. The summed E-state index contributed by atoms with van der Waals surface area (Å²) >= 11 is 0. The van der Waals surface area contributed by atoms with Gasteiger partial charge in [-0.2, -0.15) is 0 Å². The van der Waals surface area contributed by atoms with Gasteiger partial charge in [-0.05, 0) is 30.9 Å². The first-order chi connectivity index (χ1) is 16.7. The molecule has 1 aliphatic heterocycles. The van der Waals surface area contributed by atoms with Crippen LogP contribution in [0.25, 0.3) is 0 Å². The number of Topliss-reactive ketones (excluding diaryl/α,β-unsaturated/α-hetero) is 3. The smallest absolute Gasteiger partial charge is 0.232 e. The van der Waals surface area contributed by atoms with Crippen LogP contribution in [0.4, 0.5) is 0 Å². The third-order valence-corrected chi connectivity index (χ3v) is 5.69. The molecule has 1 fully saturated rings. The van der Waals surface area contributed by atoms with Crippen molar-refractivity contribution in [1.29, 1.82) is 0 Å². The van der Waals surface area contributed by atoms with Crippen LogP contribution in [0.3, 0.4) is 0 Å². The van der Waals surface area contributed by atoms with Gasteiger partial charge in [-0.3, -0.25) is 33.7 Å². The number of benzene rings is 1. The van der Waals surface area contributed by atoms with Gasteiger partial charge in [0.05, 0.1) is 13.0 Å². The summed E-state index contributed by atoms with van der Waals surface area (Å²) in [7, 11) is 0. The van der Waals surface area contributed by atoms with Crippen LogP contribution in [-0.2, 0) is 46.3 Å². The summed E-state index contributed by atoms with van der Waals surface area (Å²) in [5.41, 5.74) is 1.83. The highest BCUT2D eigenvalue weighted by Crippen LogP contribution is 2.18. The first-order valence-electron chi connectivity index (χ1n) is 11.9. The third kappa shape index (κ3) is 10.3. The van der Waals surface area contributed by atoms with Crippen molar-refractivity contribution < 1.29 is 33.5 Å². The van der Waals surface area contributed by atoms with Crippen LogP contribution in [-0.4, -0.2) is 66.3 Å². The second-order valence-electron chi connectivity index (χ2n) is 8.95. The molecule has 9 nitrogen and oxygen atoms in total. The van der Waals surface area contributed by atoms with E-state index in [9.17, 15) is 28.8 Å². The van der Waals surface area contributed by atoms with Crippen molar-refractivity contribution in [3.8, 4) is 0 Å². The van der Waals surface area contributed by atoms with Crippen LogP contribution >= 0.6 is 0 Å². The molecule has 1 aromatic rings. The van der Waals surface area contributed by atoms with E-state index in [0.29, 0.717) is 32.2 Å². The lowest BCUT2D eigenvalue weighted by molar-refractivity contribution is -0.142. The van der Waals surface area contributed by atoms with Crippen molar-refractivity contribution in [2.45, 2.75) is 58.8 Å². The van der Waals surface area contributed by atoms with Crippen LogP contribution < -0.4 is 5.32 Å². The van der Waals surface area contributed by atoms with Gasteiger partial charge in [-0.25, -0.2) is 0 Å². The molecular formula is C26H34N2O7. The predicted molar refractivity (Wildman–Crippen MR) is 127 cm³/mol. The van der Waals surface area contributed by atoms with Gasteiger partial charge < -0.3 is 10.1 Å². The van der Waals surface area contributed by atoms with Gasteiger partial charge in [-0.1, -0.05) is 31.2 Å². The number of likely N-dealkylation sites (tertiary alicyclic amines) is 1. The van der Waals surface area contributed by atoms with E-state index < -0.39 is 0 Å². The summed E-state index contributed by atoms with van der Waals surface area (Å²) in [6.45, 7) is 3.52.